The largest absolute Gasteiger partial charge is 0.434 e. The van der Waals surface area contributed by atoms with Crippen molar-refractivity contribution in [1.29, 1.82) is 0 Å². The van der Waals surface area contributed by atoms with Crippen molar-refractivity contribution in [3.05, 3.63) is 29.6 Å². The topological polar surface area (TPSA) is 35.2 Å². The molecule has 0 heterocycles. The monoisotopic (exact) mass is 241 g/mol. The second-order valence-corrected chi connectivity index (χ2v) is 2.63. The Morgan fingerprint density at radius 1 is 1.33 bits per heavy atom. The van der Waals surface area contributed by atoms with E-state index in [4.69, 9.17) is 5.73 Å². The maximum absolute atomic E-state index is 13.1. The molecule has 0 radical (unpaired) electrons. The van der Waals surface area contributed by atoms with Gasteiger partial charge in [-0.1, -0.05) is 6.07 Å². The molecule has 0 aromatic heterocycles. The zero-order valence-corrected chi connectivity index (χ0v) is 8.57. The summed E-state index contributed by atoms with van der Waals surface area (Å²) in [6.45, 7) is -2.77. The minimum absolute atomic E-state index is 0. The number of ether oxygens (including phenoxy) is 1. The third-order valence-electron chi connectivity index (χ3n) is 1.69. The molecule has 0 aliphatic heterocycles. The van der Waals surface area contributed by atoms with Crippen LogP contribution in [0.3, 0.4) is 0 Å². The summed E-state index contributed by atoms with van der Waals surface area (Å²) in [6.07, 6.45) is 0.175. The van der Waals surface area contributed by atoms with Crippen molar-refractivity contribution in [3.63, 3.8) is 0 Å². The number of benzene rings is 1. The van der Waals surface area contributed by atoms with Crippen LogP contribution in [-0.2, 0) is 6.42 Å². The van der Waals surface area contributed by atoms with Gasteiger partial charge in [-0.2, -0.15) is 8.78 Å². The van der Waals surface area contributed by atoms with Crippen LogP contribution in [0.1, 0.15) is 5.56 Å². The van der Waals surface area contributed by atoms with Crippen molar-refractivity contribution in [1.82, 2.24) is 0 Å². The van der Waals surface area contributed by atoms with Crippen molar-refractivity contribution in [2.45, 2.75) is 13.0 Å². The predicted octanol–water partition coefficient (Wildman–Crippen LogP) is 2.35. The summed E-state index contributed by atoms with van der Waals surface area (Å²) in [5.74, 6) is -0.723. The number of nitrogens with two attached hydrogens (primary N) is 1. The number of hydrogen-bond donors (Lipinski definition) is 1. The zero-order valence-electron chi connectivity index (χ0n) is 7.75. The Kier molecular flexibility index (Phi) is 6.12. The molecule has 0 spiro atoms. The summed E-state index contributed by atoms with van der Waals surface area (Å²) in [5.41, 5.74) is 5.31. The van der Waals surface area contributed by atoms with Gasteiger partial charge >= 0.3 is 6.61 Å². The molecule has 0 fully saturated rings. The average Bonchev–Trinajstić information content (AvgIpc) is 2.10. The highest BCUT2D eigenvalue weighted by molar-refractivity contribution is 5.85. The first-order chi connectivity index (χ1) is 6.65. The van der Waals surface area contributed by atoms with Gasteiger partial charge in [0.1, 0.15) is 11.6 Å². The number of rotatable bonds is 4. The van der Waals surface area contributed by atoms with Gasteiger partial charge in [0.15, 0.2) is 0 Å². The van der Waals surface area contributed by atoms with Crippen molar-refractivity contribution in [2.75, 3.05) is 6.54 Å². The summed E-state index contributed by atoms with van der Waals surface area (Å²) < 4.78 is 41.1. The van der Waals surface area contributed by atoms with Crippen molar-refractivity contribution in [3.8, 4) is 5.75 Å². The van der Waals surface area contributed by atoms with Crippen LogP contribution in [0.25, 0.3) is 0 Å². The predicted molar refractivity (Wildman–Crippen MR) is 53.0 cm³/mol. The van der Waals surface area contributed by atoms with E-state index in [1.807, 2.05) is 0 Å². The first-order valence-electron chi connectivity index (χ1n) is 4.07. The van der Waals surface area contributed by atoms with E-state index < -0.39 is 12.4 Å². The third kappa shape index (κ3) is 3.97. The van der Waals surface area contributed by atoms with E-state index in [0.29, 0.717) is 0 Å². The van der Waals surface area contributed by atoms with E-state index in [2.05, 4.69) is 4.74 Å². The molecule has 0 unspecified atom stereocenters. The van der Waals surface area contributed by atoms with Crippen LogP contribution in [0.5, 0.6) is 5.75 Å². The number of hydrogen-bond acceptors (Lipinski definition) is 2. The molecule has 86 valence electrons. The van der Waals surface area contributed by atoms with Crippen LogP contribution >= 0.6 is 12.4 Å². The molecule has 0 amide bonds. The van der Waals surface area contributed by atoms with Gasteiger partial charge < -0.3 is 10.5 Å². The molecule has 0 bridgehead atoms. The van der Waals surface area contributed by atoms with Crippen LogP contribution in [-0.4, -0.2) is 13.2 Å². The molecule has 6 heteroatoms. The fourth-order valence-corrected chi connectivity index (χ4v) is 1.13. The van der Waals surface area contributed by atoms with Crippen LogP contribution in [0.2, 0.25) is 0 Å². The number of alkyl halides is 2. The summed E-state index contributed by atoms with van der Waals surface area (Å²) in [5, 5.41) is 0. The van der Waals surface area contributed by atoms with Crippen molar-refractivity contribution in [2.24, 2.45) is 5.73 Å². The van der Waals surface area contributed by atoms with Gasteiger partial charge in [-0.05, 0) is 25.1 Å². The van der Waals surface area contributed by atoms with Gasteiger partial charge in [0.2, 0.25) is 0 Å². The lowest BCUT2D eigenvalue weighted by atomic mass is 10.1. The minimum Gasteiger partial charge on any atom is -0.434 e. The number of halogens is 4. The molecule has 0 aliphatic rings. The minimum atomic E-state index is -2.95. The second kappa shape index (κ2) is 6.53. The van der Waals surface area contributed by atoms with E-state index in [9.17, 15) is 13.2 Å². The van der Waals surface area contributed by atoms with E-state index in [0.717, 1.165) is 0 Å². The van der Waals surface area contributed by atoms with Crippen LogP contribution in [0.4, 0.5) is 13.2 Å². The Morgan fingerprint density at radius 3 is 2.53 bits per heavy atom. The van der Waals surface area contributed by atoms with Crippen LogP contribution in [0, 0.1) is 5.82 Å². The molecule has 0 saturated carbocycles. The van der Waals surface area contributed by atoms with E-state index in [1.165, 1.54) is 18.2 Å². The fourth-order valence-electron chi connectivity index (χ4n) is 1.13. The van der Waals surface area contributed by atoms with E-state index in [-0.39, 0.29) is 36.7 Å². The van der Waals surface area contributed by atoms with E-state index in [1.54, 1.807) is 0 Å². The SMILES string of the molecule is Cl.NCCc1c(F)cccc1OC(F)F. The first kappa shape index (κ1) is 14.1. The standard InChI is InChI=1S/C9H10F3NO.ClH/c10-7-2-1-3-8(14-9(11)12)6(7)4-5-13;/h1-3,9H,4-5,13H2;1H. The molecule has 1 aromatic rings. The van der Waals surface area contributed by atoms with Gasteiger partial charge in [0.25, 0.3) is 0 Å². The Morgan fingerprint density at radius 2 is 2.00 bits per heavy atom. The normalized spacial score (nSPS) is 9.93. The maximum atomic E-state index is 13.1. The van der Waals surface area contributed by atoms with Crippen LogP contribution < -0.4 is 10.5 Å². The van der Waals surface area contributed by atoms with Gasteiger partial charge in [0, 0.05) is 5.56 Å². The molecule has 2 N–H and O–H groups in total. The first-order valence-corrected chi connectivity index (χ1v) is 4.07. The molecule has 0 saturated heterocycles. The summed E-state index contributed by atoms with van der Waals surface area (Å²) >= 11 is 0. The fraction of sp³-hybridized carbons (Fsp3) is 0.333. The highest BCUT2D eigenvalue weighted by Crippen LogP contribution is 2.23. The Labute approximate surface area is 91.6 Å². The lowest BCUT2D eigenvalue weighted by Crippen LogP contribution is -2.09. The lowest BCUT2D eigenvalue weighted by molar-refractivity contribution is -0.0506. The Balaban J connectivity index is 0.00000196. The van der Waals surface area contributed by atoms with E-state index >= 15 is 0 Å². The summed E-state index contributed by atoms with van der Waals surface area (Å²) in [7, 11) is 0. The van der Waals surface area contributed by atoms with Gasteiger partial charge in [-0.3, -0.25) is 0 Å². The molecule has 0 aliphatic carbocycles. The molecule has 15 heavy (non-hydrogen) atoms. The molecule has 2 nitrogen and oxygen atoms in total. The molecular formula is C9H11ClF3NO. The summed E-state index contributed by atoms with van der Waals surface area (Å²) in [4.78, 5) is 0. The van der Waals surface area contributed by atoms with Crippen molar-refractivity contribution < 1.29 is 17.9 Å². The van der Waals surface area contributed by atoms with Gasteiger partial charge in [0.05, 0.1) is 0 Å². The molecule has 0 atom stereocenters. The Hall–Kier alpha value is -0.940. The molecule has 1 rings (SSSR count). The van der Waals surface area contributed by atoms with Gasteiger partial charge in [-0.15, -0.1) is 12.4 Å². The maximum Gasteiger partial charge on any atom is 0.387 e. The second-order valence-electron chi connectivity index (χ2n) is 2.63. The lowest BCUT2D eigenvalue weighted by Gasteiger charge is -2.10. The molecular weight excluding hydrogens is 231 g/mol. The quantitative estimate of drug-likeness (QED) is 0.878. The third-order valence-corrected chi connectivity index (χ3v) is 1.69. The van der Waals surface area contributed by atoms with Gasteiger partial charge in [-0.25, -0.2) is 4.39 Å². The highest BCUT2D eigenvalue weighted by atomic mass is 35.5. The van der Waals surface area contributed by atoms with Crippen molar-refractivity contribution >= 4 is 12.4 Å². The average molecular weight is 242 g/mol. The van der Waals surface area contributed by atoms with Crippen LogP contribution in [0.15, 0.2) is 18.2 Å². The summed E-state index contributed by atoms with van der Waals surface area (Å²) in [6, 6.07) is 3.79. The smallest absolute Gasteiger partial charge is 0.387 e. The highest BCUT2D eigenvalue weighted by Gasteiger charge is 2.12. The zero-order chi connectivity index (χ0) is 10.6. The Bertz CT molecular complexity index is 309. The molecule has 1 aromatic carbocycles.